The monoisotopic (exact) mass is 948 g/mol. The molecule has 12 rings (SSSR count). The summed E-state index contributed by atoms with van der Waals surface area (Å²) in [5, 5.41) is 61.0. The topological polar surface area (TPSA) is 196 Å². The van der Waals surface area contributed by atoms with Gasteiger partial charge in [0.05, 0.1) is 19.3 Å². The Hall–Kier alpha value is -4.78. The summed E-state index contributed by atoms with van der Waals surface area (Å²) in [7, 11) is 1.69. The molecule has 374 valence electrons. The molecule has 4 aliphatic carbocycles. The van der Waals surface area contributed by atoms with Gasteiger partial charge in [-0.1, -0.05) is 51.8 Å². The third kappa shape index (κ3) is 9.96. The standard InChI is InChI=1S/C57H77N3O9/c1-5-33-21-35-12-11-34(33)22-41(63)29-57(17-7-9-40(57)16-19-61)31-60-56(58)59-18-15-42-37(30-62)8-6-10-49(42)68-51-26-36(13-14-46(51)64)55-48(66)27-45-50(69-55)28-52(67-4)54-44-24-39(20-32(2)3)47(65)25-38(44)23-43(35)53(45)54/h11-14,19,24-26,28,32-35,37,40-43,48-49,55,62-66H,5-10,15-18,20-23,27,29-31H2,1-4H3,(H3,58,59,60). The Balaban J connectivity index is 1.15. The Labute approximate surface area is 408 Å². The second-order valence-electron chi connectivity index (χ2n) is 22.1. The van der Waals surface area contributed by atoms with Gasteiger partial charge in [-0.25, -0.2) is 0 Å². The summed E-state index contributed by atoms with van der Waals surface area (Å²) in [6.07, 6.45) is 14.2. The van der Waals surface area contributed by atoms with Crippen LogP contribution in [0.25, 0.3) is 11.1 Å². The molecule has 0 saturated heterocycles. The zero-order valence-electron chi connectivity index (χ0n) is 41.2. The van der Waals surface area contributed by atoms with Gasteiger partial charge in [0, 0.05) is 55.6 Å². The number of phenolic OH excluding ortho intramolecular Hbond substituents is 2. The second kappa shape index (κ2) is 20.9. The number of aldehydes is 1. The number of rotatable bonds is 7. The summed E-state index contributed by atoms with van der Waals surface area (Å²) in [4.78, 5) is 17.0. The molecule has 5 aliphatic heterocycles. The molecule has 3 aromatic rings. The van der Waals surface area contributed by atoms with E-state index in [1.54, 1.807) is 25.3 Å². The Kier molecular flexibility index (Phi) is 14.9. The SMILES string of the molecule is CCC1CC2C=CC1CC(O)CC1(CCCC1CC=O)CN=C(N)NCCC1C(CO)CCCC1Oc1cc(ccc1O)C1Oc3cc(OC)c4c(c3CC1O)C2Cc1cc(O)c(CC(C)C)cc1-4. The predicted octanol–water partition coefficient (Wildman–Crippen LogP) is 8.85. The van der Waals surface area contributed by atoms with Crippen molar-refractivity contribution in [2.75, 3.05) is 26.8 Å². The van der Waals surface area contributed by atoms with E-state index >= 15 is 0 Å². The first kappa shape index (κ1) is 49.2. The van der Waals surface area contributed by atoms with E-state index in [0.717, 1.165) is 97.5 Å². The molecule has 12 heteroatoms. The van der Waals surface area contributed by atoms with Crippen LogP contribution in [0.2, 0.25) is 0 Å². The smallest absolute Gasteiger partial charge is 0.188 e. The highest BCUT2D eigenvalue weighted by atomic mass is 16.5. The minimum atomic E-state index is -0.922. The van der Waals surface area contributed by atoms with Crippen molar-refractivity contribution < 1.29 is 44.5 Å². The number of aliphatic hydroxyl groups excluding tert-OH is 3. The van der Waals surface area contributed by atoms with Crippen molar-refractivity contribution in [1.29, 1.82) is 0 Å². The average molecular weight is 948 g/mol. The van der Waals surface area contributed by atoms with Crippen molar-refractivity contribution in [2.24, 2.45) is 57.6 Å². The molecule has 69 heavy (non-hydrogen) atoms. The minimum Gasteiger partial charge on any atom is -0.508 e. The third-order valence-corrected chi connectivity index (χ3v) is 17.5. The fourth-order valence-electron chi connectivity index (χ4n) is 14.0. The first-order chi connectivity index (χ1) is 33.3. The molecule has 1 spiro atoms. The van der Waals surface area contributed by atoms with Crippen LogP contribution in [-0.4, -0.2) is 82.9 Å². The first-order valence-electron chi connectivity index (χ1n) is 26.2. The van der Waals surface area contributed by atoms with E-state index in [9.17, 15) is 30.3 Å². The number of aliphatic imine (C=N–C) groups is 1. The molecule has 0 aromatic heterocycles. The first-order valence-corrected chi connectivity index (χ1v) is 26.2. The molecule has 12 atom stereocenters. The molecule has 12 unspecified atom stereocenters. The second-order valence-corrected chi connectivity index (χ2v) is 22.1. The number of hydrogen-bond donors (Lipinski definition) is 7. The summed E-state index contributed by atoms with van der Waals surface area (Å²) in [5.41, 5.74) is 13.0. The van der Waals surface area contributed by atoms with Gasteiger partial charge in [0.1, 0.15) is 35.7 Å². The van der Waals surface area contributed by atoms with Gasteiger partial charge >= 0.3 is 0 Å². The number of benzene rings is 3. The van der Waals surface area contributed by atoms with E-state index < -0.39 is 18.3 Å². The van der Waals surface area contributed by atoms with Crippen LogP contribution in [0.1, 0.15) is 138 Å². The maximum atomic E-state index is 12.3. The number of aliphatic hydroxyl groups is 3. The van der Waals surface area contributed by atoms with Crippen LogP contribution in [0.3, 0.4) is 0 Å². The Morgan fingerprint density at radius 3 is 2.55 bits per heavy atom. The quantitative estimate of drug-likeness (QED) is 0.0883. The van der Waals surface area contributed by atoms with Crippen molar-refractivity contribution >= 4 is 12.2 Å². The lowest BCUT2D eigenvalue weighted by atomic mass is 9.64. The fraction of sp³-hybridized carbons (Fsp3) is 0.614. The zero-order chi connectivity index (χ0) is 48.6. The molecule has 12 nitrogen and oxygen atoms in total. The number of guanidine groups is 1. The van der Waals surface area contributed by atoms with Gasteiger partial charge in [-0.2, -0.15) is 0 Å². The van der Waals surface area contributed by atoms with E-state index in [0.29, 0.717) is 98.0 Å². The van der Waals surface area contributed by atoms with Crippen LogP contribution in [0.15, 0.2) is 53.5 Å². The number of nitrogens with zero attached hydrogens (tertiary/aromatic N) is 1. The highest BCUT2D eigenvalue weighted by Gasteiger charge is 2.46. The number of nitrogens with two attached hydrogens (primary N) is 1. The Bertz CT molecular complexity index is 2380. The van der Waals surface area contributed by atoms with Crippen LogP contribution in [-0.2, 0) is 24.1 Å². The summed E-state index contributed by atoms with van der Waals surface area (Å²) < 4.78 is 20.0. The van der Waals surface area contributed by atoms with E-state index in [4.69, 9.17) is 24.9 Å². The van der Waals surface area contributed by atoms with Crippen LogP contribution >= 0.6 is 0 Å². The van der Waals surface area contributed by atoms with Gasteiger partial charge in [0.15, 0.2) is 17.5 Å². The van der Waals surface area contributed by atoms with Gasteiger partial charge in [-0.05, 0) is 170 Å². The molecular formula is C57H77N3O9. The summed E-state index contributed by atoms with van der Waals surface area (Å²) in [6.45, 7) is 7.50. The van der Waals surface area contributed by atoms with Gasteiger partial charge in [-0.3, -0.25) is 4.99 Å². The van der Waals surface area contributed by atoms with Crippen LogP contribution in [0.4, 0.5) is 0 Å². The lowest BCUT2D eigenvalue weighted by Gasteiger charge is -2.42. The highest BCUT2D eigenvalue weighted by molar-refractivity contribution is 5.84. The third-order valence-electron chi connectivity index (χ3n) is 17.5. The highest BCUT2D eigenvalue weighted by Crippen LogP contribution is 2.57. The molecule has 2 fully saturated rings. The summed E-state index contributed by atoms with van der Waals surface area (Å²) >= 11 is 0. The maximum Gasteiger partial charge on any atom is 0.188 e. The Morgan fingerprint density at radius 1 is 0.957 bits per heavy atom. The largest absolute Gasteiger partial charge is 0.508 e. The van der Waals surface area contributed by atoms with Crippen molar-refractivity contribution in [2.45, 2.75) is 147 Å². The molecule has 0 radical (unpaired) electrons. The molecular weight excluding hydrogens is 871 g/mol. The van der Waals surface area contributed by atoms with Crippen LogP contribution in [0.5, 0.6) is 28.7 Å². The number of carbonyl (C=O) groups excluding carboxylic acids is 1. The normalized spacial score (nSPS) is 32.3. The summed E-state index contributed by atoms with van der Waals surface area (Å²) in [6, 6.07) is 11.3. The Morgan fingerprint density at radius 2 is 1.78 bits per heavy atom. The maximum absolute atomic E-state index is 12.3. The predicted molar refractivity (Wildman–Crippen MR) is 268 cm³/mol. The number of allylic oxidation sites excluding steroid dienone is 2. The average Bonchev–Trinajstić information content (AvgIpc) is 3.72. The lowest BCUT2D eigenvalue weighted by molar-refractivity contribution is -0.109. The molecule has 8 N–H and O–H groups in total. The number of methoxy groups -OCH3 is 1. The molecule has 0 amide bonds. The van der Waals surface area contributed by atoms with Crippen molar-refractivity contribution in [3.05, 3.63) is 76.4 Å². The lowest BCUT2D eigenvalue weighted by Crippen LogP contribution is -2.42. The van der Waals surface area contributed by atoms with E-state index in [1.165, 1.54) is 0 Å². The molecule has 8 bridgehead atoms. The number of nitrogens with one attached hydrogen (secondary N) is 1. The van der Waals surface area contributed by atoms with Crippen LogP contribution < -0.4 is 25.3 Å². The molecule has 2 saturated carbocycles. The molecule has 9 aliphatic rings. The van der Waals surface area contributed by atoms with Crippen molar-refractivity contribution in [3.63, 3.8) is 0 Å². The number of phenols is 2. The summed E-state index contributed by atoms with van der Waals surface area (Å²) in [5.74, 6) is 3.22. The van der Waals surface area contributed by atoms with Crippen molar-refractivity contribution in [3.8, 4) is 39.9 Å². The minimum absolute atomic E-state index is 0.00479. The van der Waals surface area contributed by atoms with Gasteiger partial charge in [-0.15, -0.1) is 0 Å². The molecule has 5 heterocycles. The fourth-order valence-corrected chi connectivity index (χ4v) is 14.0. The van der Waals surface area contributed by atoms with Gasteiger partial charge < -0.3 is 55.6 Å². The van der Waals surface area contributed by atoms with E-state index in [-0.39, 0.29) is 59.4 Å². The van der Waals surface area contributed by atoms with Gasteiger partial charge in [0.25, 0.3) is 0 Å². The number of hydrogen-bond acceptors (Lipinski definition) is 12. The van der Waals surface area contributed by atoms with Gasteiger partial charge in [0.2, 0.25) is 0 Å². The van der Waals surface area contributed by atoms with E-state index in [1.807, 2.05) is 12.1 Å². The van der Waals surface area contributed by atoms with Crippen LogP contribution in [0, 0.1) is 46.8 Å². The van der Waals surface area contributed by atoms with E-state index in [2.05, 4.69) is 44.3 Å². The van der Waals surface area contributed by atoms with Crippen molar-refractivity contribution in [1.82, 2.24) is 5.32 Å². The molecule has 3 aromatic carbocycles. The number of fused-ring (bicyclic) bond motifs is 2. The number of ether oxygens (including phenoxy) is 3. The zero-order valence-corrected chi connectivity index (χ0v) is 41.2. The number of aromatic hydroxyl groups is 2. The number of carbonyl (C=O) groups is 1.